The van der Waals surface area contributed by atoms with E-state index in [2.05, 4.69) is 11.4 Å². The summed E-state index contributed by atoms with van der Waals surface area (Å²) in [5, 5.41) is 5.42. The van der Waals surface area contributed by atoms with Crippen LogP contribution in [0.3, 0.4) is 0 Å². The molecule has 2 aromatic rings. The number of benzene rings is 2. The largest absolute Gasteiger partial charge is 0.349 e. The van der Waals surface area contributed by atoms with Crippen LogP contribution in [0.4, 0.5) is 0 Å². The predicted molar refractivity (Wildman–Crippen MR) is 73.7 cm³/mol. The summed E-state index contributed by atoms with van der Waals surface area (Å²) in [6.45, 7) is 0. The van der Waals surface area contributed by atoms with E-state index in [4.69, 9.17) is 0 Å². The Morgan fingerprint density at radius 3 is 2.50 bits per heavy atom. The Balaban J connectivity index is 1.82. The number of hydrogen-bond acceptors (Lipinski definition) is 1. The number of carbonyl (C=O) groups is 1. The van der Waals surface area contributed by atoms with E-state index in [9.17, 15) is 4.79 Å². The minimum Gasteiger partial charge on any atom is -0.349 e. The van der Waals surface area contributed by atoms with Crippen molar-refractivity contribution in [3.63, 3.8) is 0 Å². The van der Waals surface area contributed by atoms with Crippen LogP contribution in [0.25, 0.3) is 10.8 Å². The second-order valence-corrected chi connectivity index (χ2v) is 5.02. The summed E-state index contributed by atoms with van der Waals surface area (Å²) < 4.78 is 0. The third-order valence-corrected chi connectivity index (χ3v) is 3.70. The van der Waals surface area contributed by atoms with Crippen molar-refractivity contribution in [2.75, 3.05) is 0 Å². The van der Waals surface area contributed by atoms with Gasteiger partial charge in [-0.25, -0.2) is 0 Å². The van der Waals surface area contributed by atoms with Crippen molar-refractivity contribution in [3.05, 3.63) is 48.0 Å². The fourth-order valence-electron chi connectivity index (χ4n) is 2.67. The van der Waals surface area contributed by atoms with Crippen molar-refractivity contribution in [3.8, 4) is 0 Å². The summed E-state index contributed by atoms with van der Waals surface area (Å²) in [6, 6.07) is 14.4. The standard InChI is InChI=1S/C16H17NO/c18-16(17-15-7-3-4-8-15)14-10-9-12-5-1-2-6-13(12)11-14/h1-2,5-6,9-11,15H,3-4,7-8H2,(H,17,18). The molecule has 0 spiro atoms. The van der Waals surface area contributed by atoms with E-state index in [0.29, 0.717) is 6.04 Å². The Bertz CT molecular complexity index is 570. The second kappa shape index (κ2) is 4.81. The smallest absolute Gasteiger partial charge is 0.251 e. The van der Waals surface area contributed by atoms with Crippen LogP contribution in [0.1, 0.15) is 36.0 Å². The van der Waals surface area contributed by atoms with Crippen molar-refractivity contribution in [2.45, 2.75) is 31.7 Å². The molecule has 18 heavy (non-hydrogen) atoms. The Morgan fingerprint density at radius 2 is 1.72 bits per heavy atom. The average Bonchev–Trinajstić information content (AvgIpc) is 2.91. The van der Waals surface area contributed by atoms with Gasteiger partial charge in [-0.3, -0.25) is 4.79 Å². The van der Waals surface area contributed by atoms with Gasteiger partial charge in [0.25, 0.3) is 5.91 Å². The molecule has 1 amide bonds. The summed E-state index contributed by atoms with van der Waals surface area (Å²) in [5.41, 5.74) is 0.764. The second-order valence-electron chi connectivity index (χ2n) is 5.02. The first-order valence-electron chi connectivity index (χ1n) is 6.62. The first-order valence-corrected chi connectivity index (χ1v) is 6.62. The van der Waals surface area contributed by atoms with E-state index < -0.39 is 0 Å². The third kappa shape index (κ3) is 2.23. The highest BCUT2D eigenvalue weighted by molar-refractivity contribution is 5.98. The van der Waals surface area contributed by atoms with Crippen LogP contribution in [0, 0.1) is 0 Å². The van der Waals surface area contributed by atoms with Gasteiger partial charge in [0.05, 0.1) is 0 Å². The molecule has 1 aliphatic carbocycles. The van der Waals surface area contributed by atoms with E-state index in [1.54, 1.807) is 0 Å². The van der Waals surface area contributed by atoms with E-state index in [1.807, 2.05) is 36.4 Å². The fourth-order valence-corrected chi connectivity index (χ4v) is 2.67. The van der Waals surface area contributed by atoms with E-state index >= 15 is 0 Å². The molecule has 2 heteroatoms. The number of fused-ring (bicyclic) bond motifs is 1. The zero-order valence-electron chi connectivity index (χ0n) is 10.4. The summed E-state index contributed by atoms with van der Waals surface area (Å²) >= 11 is 0. The molecule has 0 saturated heterocycles. The van der Waals surface area contributed by atoms with Gasteiger partial charge in [-0.05, 0) is 35.7 Å². The molecule has 0 bridgehead atoms. The number of rotatable bonds is 2. The first kappa shape index (κ1) is 11.3. The minimum atomic E-state index is 0.0626. The molecule has 2 nitrogen and oxygen atoms in total. The van der Waals surface area contributed by atoms with E-state index in [-0.39, 0.29) is 5.91 Å². The highest BCUT2D eigenvalue weighted by Gasteiger charge is 2.17. The zero-order valence-corrected chi connectivity index (χ0v) is 10.4. The summed E-state index contributed by atoms with van der Waals surface area (Å²) in [5.74, 6) is 0.0626. The van der Waals surface area contributed by atoms with Gasteiger partial charge < -0.3 is 5.32 Å². The van der Waals surface area contributed by atoms with Gasteiger partial charge >= 0.3 is 0 Å². The molecule has 0 aromatic heterocycles. The van der Waals surface area contributed by atoms with Gasteiger partial charge in [0.1, 0.15) is 0 Å². The maximum atomic E-state index is 12.1. The summed E-state index contributed by atoms with van der Waals surface area (Å²) in [4.78, 5) is 12.1. The molecule has 0 radical (unpaired) electrons. The Morgan fingerprint density at radius 1 is 1.00 bits per heavy atom. The lowest BCUT2D eigenvalue weighted by Crippen LogP contribution is -2.32. The van der Waals surface area contributed by atoms with E-state index in [0.717, 1.165) is 23.8 Å². The molecule has 3 rings (SSSR count). The predicted octanol–water partition coefficient (Wildman–Crippen LogP) is 3.51. The Kier molecular flexibility index (Phi) is 3.01. The molecule has 0 heterocycles. The molecular weight excluding hydrogens is 222 g/mol. The van der Waals surface area contributed by atoms with Gasteiger partial charge in [-0.1, -0.05) is 43.2 Å². The molecule has 1 N–H and O–H groups in total. The lowest BCUT2D eigenvalue weighted by molar-refractivity contribution is 0.0938. The zero-order chi connectivity index (χ0) is 12.4. The number of hydrogen-bond donors (Lipinski definition) is 1. The number of amides is 1. The van der Waals surface area contributed by atoms with Gasteiger partial charge in [0, 0.05) is 11.6 Å². The lowest BCUT2D eigenvalue weighted by atomic mass is 10.1. The molecule has 2 aromatic carbocycles. The van der Waals surface area contributed by atoms with Crippen LogP contribution in [0.2, 0.25) is 0 Å². The molecule has 0 unspecified atom stereocenters. The van der Waals surface area contributed by atoms with Crippen LogP contribution >= 0.6 is 0 Å². The van der Waals surface area contributed by atoms with Crippen molar-refractivity contribution in [1.82, 2.24) is 5.32 Å². The highest BCUT2D eigenvalue weighted by atomic mass is 16.1. The first-order chi connectivity index (χ1) is 8.83. The number of nitrogens with one attached hydrogen (secondary N) is 1. The molecule has 1 fully saturated rings. The van der Waals surface area contributed by atoms with Crippen molar-refractivity contribution < 1.29 is 4.79 Å². The van der Waals surface area contributed by atoms with Crippen LogP contribution in [-0.4, -0.2) is 11.9 Å². The topological polar surface area (TPSA) is 29.1 Å². The van der Waals surface area contributed by atoms with Crippen LogP contribution in [0.15, 0.2) is 42.5 Å². The normalized spacial score (nSPS) is 16.0. The van der Waals surface area contributed by atoms with Crippen LogP contribution < -0.4 is 5.32 Å². The van der Waals surface area contributed by atoms with Gasteiger partial charge in [0.2, 0.25) is 0 Å². The van der Waals surface area contributed by atoms with Crippen molar-refractivity contribution in [2.24, 2.45) is 0 Å². The van der Waals surface area contributed by atoms with Crippen molar-refractivity contribution >= 4 is 16.7 Å². The van der Waals surface area contributed by atoms with Crippen molar-refractivity contribution in [1.29, 1.82) is 0 Å². The monoisotopic (exact) mass is 239 g/mol. The van der Waals surface area contributed by atoms with Gasteiger partial charge in [-0.2, -0.15) is 0 Å². The van der Waals surface area contributed by atoms with Gasteiger partial charge in [0.15, 0.2) is 0 Å². The molecule has 92 valence electrons. The number of carbonyl (C=O) groups excluding carboxylic acids is 1. The quantitative estimate of drug-likeness (QED) is 0.853. The molecular formula is C16H17NO. The van der Waals surface area contributed by atoms with Crippen LogP contribution in [-0.2, 0) is 0 Å². The molecule has 0 aliphatic heterocycles. The SMILES string of the molecule is O=C(NC1CCCC1)c1ccc2ccccc2c1. The van der Waals surface area contributed by atoms with Gasteiger partial charge in [-0.15, -0.1) is 0 Å². The molecule has 1 aliphatic rings. The third-order valence-electron chi connectivity index (χ3n) is 3.70. The molecule has 1 saturated carbocycles. The maximum Gasteiger partial charge on any atom is 0.251 e. The highest BCUT2D eigenvalue weighted by Crippen LogP contribution is 2.19. The fraction of sp³-hybridized carbons (Fsp3) is 0.312. The average molecular weight is 239 g/mol. The summed E-state index contributed by atoms with van der Waals surface area (Å²) in [6.07, 6.45) is 4.73. The minimum absolute atomic E-state index is 0.0626. The lowest BCUT2D eigenvalue weighted by Gasteiger charge is -2.12. The molecule has 0 atom stereocenters. The Hall–Kier alpha value is -1.83. The van der Waals surface area contributed by atoms with E-state index in [1.165, 1.54) is 18.2 Å². The maximum absolute atomic E-state index is 12.1. The van der Waals surface area contributed by atoms with Crippen LogP contribution in [0.5, 0.6) is 0 Å². The summed E-state index contributed by atoms with van der Waals surface area (Å²) in [7, 11) is 0. The Labute approximate surface area is 107 Å².